The summed E-state index contributed by atoms with van der Waals surface area (Å²) in [6.45, 7) is 7.43. The summed E-state index contributed by atoms with van der Waals surface area (Å²) >= 11 is 0. The highest BCUT2D eigenvalue weighted by Crippen LogP contribution is 2.24. The second-order valence-corrected chi connectivity index (χ2v) is 5.81. The molecule has 5 nitrogen and oxygen atoms in total. The van der Waals surface area contributed by atoms with Crippen molar-refractivity contribution in [3.8, 4) is 5.75 Å². The van der Waals surface area contributed by atoms with E-state index in [0.29, 0.717) is 13.2 Å². The number of rotatable bonds is 6. The van der Waals surface area contributed by atoms with Gasteiger partial charge in [-0.1, -0.05) is 6.07 Å². The molecule has 0 radical (unpaired) electrons. The van der Waals surface area contributed by atoms with E-state index in [1.165, 1.54) is 5.69 Å². The van der Waals surface area contributed by atoms with Gasteiger partial charge in [0.15, 0.2) is 0 Å². The van der Waals surface area contributed by atoms with E-state index in [-0.39, 0.29) is 5.54 Å². The molecule has 1 aliphatic heterocycles. The second kappa shape index (κ2) is 7.11. The fourth-order valence-electron chi connectivity index (χ4n) is 2.90. The predicted octanol–water partition coefficient (Wildman–Crippen LogP) is 1.18. The molecule has 0 spiro atoms. The van der Waals surface area contributed by atoms with Gasteiger partial charge < -0.3 is 20.1 Å². The van der Waals surface area contributed by atoms with Crippen LogP contribution in [0.2, 0.25) is 0 Å². The molecular formula is C16H27N3O2. The Morgan fingerprint density at radius 2 is 1.90 bits per heavy atom. The summed E-state index contributed by atoms with van der Waals surface area (Å²) < 4.78 is 10.6. The summed E-state index contributed by atoms with van der Waals surface area (Å²) in [5.41, 5.74) is 7.10. The molecule has 0 aromatic heterocycles. The summed E-state index contributed by atoms with van der Waals surface area (Å²) in [4.78, 5) is 4.83. The van der Waals surface area contributed by atoms with Crippen molar-refractivity contribution in [3.63, 3.8) is 0 Å². The normalized spacial score (nSPS) is 19.3. The van der Waals surface area contributed by atoms with Gasteiger partial charge in [0.05, 0.1) is 19.3 Å². The molecule has 21 heavy (non-hydrogen) atoms. The van der Waals surface area contributed by atoms with E-state index in [2.05, 4.69) is 28.9 Å². The van der Waals surface area contributed by atoms with Crippen LogP contribution in [0.25, 0.3) is 0 Å². The van der Waals surface area contributed by atoms with Crippen molar-refractivity contribution in [2.24, 2.45) is 5.73 Å². The minimum atomic E-state index is -0.0742. The lowest BCUT2D eigenvalue weighted by molar-refractivity contribution is 0.0236. The Kier molecular flexibility index (Phi) is 5.45. The summed E-state index contributed by atoms with van der Waals surface area (Å²) in [5, 5.41) is 0. The van der Waals surface area contributed by atoms with Gasteiger partial charge in [-0.2, -0.15) is 0 Å². The monoisotopic (exact) mass is 293 g/mol. The van der Waals surface area contributed by atoms with Crippen molar-refractivity contribution in [2.45, 2.75) is 12.5 Å². The standard InChI is InChI=1S/C16H27N3O2/c1-16(12-17,13-20-2)19-9-7-18(8-10-19)14-5-4-6-15(11-14)21-3/h4-6,11H,7-10,12-13,17H2,1-3H3. The first-order valence-corrected chi connectivity index (χ1v) is 7.46. The van der Waals surface area contributed by atoms with Crippen LogP contribution in [0.4, 0.5) is 5.69 Å². The van der Waals surface area contributed by atoms with Crippen LogP contribution >= 0.6 is 0 Å². The molecule has 0 aliphatic carbocycles. The van der Waals surface area contributed by atoms with E-state index in [1.54, 1.807) is 14.2 Å². The molecule has 2 N–H and O–H groups in total. The number of benzene rings is 1. The average Bonchev–Trinajstić information content (AvgIpc) is 2.55. The van der Waals surface area contributed by atoms with Crippen molar-refractivity contribution in [1.82, 2.24) is 4.90 Å². The lowest BCUT2D eigenvalue weighted by Gasteiger charge is -2.45. The highest BCUT2D eigenvalue weighted by molar-refractivity contribution is 5.51. The quantitative estimate of drug-likeness (QED) is 0.853. The Morgan fingerprint density at radius 3 is 2.48 bits per heavy atom. The number of hydrogen-bond donors (Lipinski definition) is 1. The third kappa shape index (κ3) is 3.67. The van der Waals surface area contributed by atoms with Crippen LogP contribution < -0.4 is 15.4 Å². The number of piperazine rings is 1. The third-order valence-electron chi connectivity index (χ3n) is 4.36. The molecule has 1 fully saturated rings. The van der Waals surface area contributed by atoms with Crippen molar-refractivity contribution >= 4 is 5.69 Å². The maximum absolute atomic E-state index is 5.96. The molecule has 1 saturated heterocycles. The topological polar surface area (TPSA) is 51.0 Å². The number of hydrogen-bond acceptors (Lipinski definition) is 5. The van der Waals surface area contributed by atoms with Crippen molar-refractivity contribution in [3.05, 3.63) is 24.3 Å². The van der Waals surface area contributed by atoms with E-state index in [1.807, 2.05) is 12.1 Å². The number of nitrogens with two attached hydrogens (primary N) is 1. The molecular weight excluding hydrogens is 266 g/mol. The highest BCUT2D eigenvalue weighted by Gasteiger charge is 2.33. The molecule has 0 amide bonds. The first-order valence-electron chi connectivity index (χ1n) is 7.46. The maximum Gasteiger partial charge on any atom is 0.120 e. The molecule has 1 atom stereocenters. The first kappa shape index (κ1) is 16.1. The minimum absolute atomic E-state index is 0.0742. The van der Waals surface area contributed by atoms with E-state index in [9.17, 15) is 0 Å². The molecule has 118 valence electrons. The summed E-state index contributed by atoms with van der Waals surface area (Å²) in [5.74, 6) is 0.904. The summed E-state index contributed by atoms with van der Waals surface area (Å²) in [6, 6.07) is 8.24. The molecule has 1 aliphatic rings. The molecule has 2 rings (SSSR count). The summed E-state index contributed by atoms with van der Waals surface area (Å²) in [7, 11) is 3.44. The van der Waals surface area contributed by atoms with E-state index >= 15 is 0 Å². The van der Waals surface area contributed by atoms with Crippen molar-refractivity contribution < 1.29 is 9.47 Å². The van der Waals surface area contributed by atoms with Gasteiger partial charge in [0, 0.05) is 51.6 Å². The van der Waals surface area contributed by atoms with E-state index in [0.717, 1.165) is 31.9 Å². The van der Waals surface area contributed by atoms with Gasteiger partial charge in [-0.25, -0.2) is 0 Å². The van der Waals surface area contributed by atoms with Gasteiger partial charge >= 0.3 is 0 Å². The molecule has 1 unspecified atom stereocenters. The largest absolute Gasteiger partial charge is 0.497 e. The number of ether oxygens (including phenoxy) is 2. The highest BCUT2D eigenvalue weighted by atomic mass is 16.5. The summed E-state index contributed by atoms with van der Waals surface area (Å²) in [6.07, 6.45) is 0. The maximum atomic E-state index is 5.96. The zero-order valence-electron chi connectivity index (χ0n) is 13.3. The molecule has 1 heterocycles. The van der Waals surface area contributed by atoms with Crippen LogP contribution in [0.15, 0.2) is 24.3 Å². The van der Waals surface area contributed by atoms with E-state index < -0.39 is 0 Å². The first-order chi connectivity index (χ1) is 10.1. The zero-order chi connectivity index (χ0) is 15.3. The lowest BCUT2D eigenvalue weighted by Crippen LogP contribution is -2.60. The smallest absolute Gasteiger partial charge is 0.120 e. The molecule has 5 heteroatoms. The molecule has 0 bridgehead atoms. The Hall–Kier alpha value is -1.30. The van der Waals surface area contributed by atoms with Crippen molar-refractivity contribution in [1.29, 1.82) is 0 Å². The Labute approximate surface area is 127 Å². The van der Waals surface area contributed by atoms with Crippen LogP contribution in [0.3, 0.4) is 0 Å². The van der Waals surface area contributed by atoms with Crippen molar-refractivity contribution in [2.75, 3.05) is 58.5 Å². The van der Waals surface area contributed by atoms with Crippen LogP contribution in [-0.4, -0.2) is 64.0 Å². The predicted molar refractivity (Wildman–Crippen MR) is 86.1 cm³/mol. The Morgan fingerprint density at radius 1 is 1.19 bits per heavy atom. The fourth-order valence-corrected chi connectivity index (χ4v) is 2.90. The molecule has 1 aromatic carbocycles. The van der Waals surface area contributed by atoms with Gasteiger partial charge in [0.25, 0.3) is 0 Å². The second-order valence-electron chi connectivity index (χ2n) is 5.81. The molecule has 0 saturated carbocycles. The van der Waals surface area contributed by atoms with Gasteiger partial charge in [-0.15, -0.1) is 0 Å². The Bertz CT molecular complexity index is 447. The van der Waals surface area contributed by atoms with Crippen LogP contribution in [-0.2, 0) is 4.74 Å². The lowest BCUT2D eigenvalue weighted by atomic mass is 10.00. The van der Waals surface area contributed by atoms with Crippen LogP contribution in [0.1, 0.15) is 6.92 Å². The number of methoxy groups -OCH3 is 2. The molecule has 1 aromatic rings. The average molecular weight is 293 g/mol. The number of nitrogens with zero attached hydrogens (tertiary/aromatic N) is 2. The van der Waals surface area contributed by atoms with Crippen LogP contribution in [0, 0.1) is 0 Å². The fraction of sp³-hybridized carbons (Fsp3) is 0.625. The zero-order valence-corrected chi connectivity index (χ0v) is 13.3. The van der Waals surface area contributed by atoms with Gasteiger partial charge in [-0.05, 0) is 19.1 Å². The van der Waals surface area contributed by atoms with Gasteiger partial charge in [0.1, 0.15) is 5.75 Å². The van der Waals surface area contributed by atoms with Crippen LogP contribution in [0.5, 0.6) is 5.75 Å². The van der Waals surface area contributed by atoms with Gasteiger partial charge in [-0.3, -0.25) is 4.90 Å². The Balaban J connectivity index is 1.99. The third-order valence-corrected chi connectivity index (χ3v) is 4.36. The van der Waals surface area contributed by atoms with E-state index in [4.69, 9.17) is 15.2 Å². The van der Waals surface area contributed by atoms with Gasteiger partial charge in [0.2, 0.25) is 0 Å². The number of anilines is 1. The SMILES string of the molecule is COCC(C)(CN)N1CCN(c2cccc(OC)c2)CC1. The minimum Gasteiger partial charge on any atom is -0.497 e.